The molecule has 1 fully saturated rings. The summed E-state index contributed by atoms with van der Waals surface area (Å²) in [5, 5.41) is 3.58. The number of nitrogens with one attached hydrogen (secondary N) is 1. The van der Waals surface area contributed by atoms with Crippen LogP contribution in [0, 0.1) is 0 Å². The fourth-order valence-electron chi connectivity index (χ4n) is 3.70. The molecule has 7 heteroatoms. The summed E-state index contributed by atoms with van der Waals surface area (Å²) in [6.45, 7) is 1.52. The molecule has 0 aliphatic carbocycles. The standard InChI is InChI=1S/C21H26N6O/c1-25(2)19-9-8-17(15-23-19)24-16-5-4-12-26(13-10-16)21(28)18-6-3-7-20-22-11-14-27(18)20/h3,6-9,11,14-16,24H,4-5,10,12-13H2,1-2H3/t16-/m1/s1. The number of hydrogen-bond acceptors (Lipinski definition) is 5. The number of carbonyl (C=O) groups excluding carboxylic acids is 1. The Morgan fingerprint density at radius 2 is 2.04 bits per heavy atom. The third kappa shape index (κ3) is 3.78. The lowest BCUT2D eigenvalue weighted by molar-refractivity contribution is 0.0754. The van der Waals surface area contributed by atoms with E-state index in [2.05, 4.69) is 21.4 Å². The number of nitrogens with zero attached hydrogens (tertiary/aromatic N) is 5. The van der Waals surface area contributed by atoms with Gasteiger partial charge in [-0.3, -0.25) is 9.20 Å². The maximum absolute atomic E-state index is 13.1. The van der Waals surface area contributed by atoms with Gasteiger partial charge in [-0.05, 0) is 43.5 Å². The molecule has 4 rings (SSSR count). The molecule has 4 heterocycles. The van der Waals surface area contributed by atoms with Gasteiger partial charge in [0.15, 0.2) is 0 Å². The highest BCUT2D eigenvalue weighted by Gasteiger charge is 2.23. The van der Waals surface area contributed by atoms with Gasteiger partial charge < -0.3 is 15.1 Å². The van der Waals surface area contributed by atoms with Gasteiger partial charge in [0.2, 0.25) is 0 Å². The van der Waals surface area contributed by atoms with Crippen molar-refractivity contribution >= 4 is 23.1 Å². The zero-order valence-corrected chi connectivity index (χ0v) is 16.4. The molecule has 0 aromatic carbocycles. The Hall–Kier alpha value is -3.09. The van der Waals surface area contributed by atoms with Crippen molar-refractivity contribution in [2.75, 3.05) is 37.4 Å². The smallest absolute Gasteiger partial charge is 0.270 e. The molecular weight excluding hydrogens is 352 g/mol. The van der Waals surface area contributed by atoms with Gasteiger partial charge in [-0.25, -0.2) is 9.97 Å². The summed E-state index contributed by atoms with van der Waals surface area (Å²) < 4.78 is 1.86. The second kappa shape index (κ2) is 7.88. The second-order valence-corrected chi connectivity index (χ2v) is 7.43. The number of anilines is 2. The zero-order valence-electron chi connectivity index (χ0n) is 16.4. The summed E-state index contributed by atoms with van der Waals surface area (Å²) in [6.07, 6.45) is 8.38. The van der Waals surface area contributed by atoms with E-state index in [0.717, 1.165) is 49.5 Å². The molecule has 3 aromatic heterocycles. The summed E-state index contributed by atoms with van der Waals surface area (Å²) >= 11 is 0. The van der Waals surface area contributed by atoms with E-state index in [1.807, 2.05) is 65.0 Å². The molecule has 0 unspecified atom stereocenters. The first-order chi connectivity index (χ1) is 13.6. The molecule has 0 bridgehead atoms. The van der Waals surface area contributed by atoms with Crippen LogP contribution in [0.5, 0.6) is 0 Å². The highest BCUT2D eigenvalue weighted by atomic mass is 16.2. The third-order valence-corrected chi connectivity index (χ3v) is 5.24. The van der Waals surface area contributed by atoms with E-state index in [9.17, 15) is 4.79 Å². The van der Waals surface area contributed by atoms with Gasteiger partial charge >= 0.3 is 0 Å². The Morgan fingerprint density at radius 3 is 2.82 bits per heavy atom. The average molecular weight is 378 g/mol. The lowest BCUT2D eigenvalue weighted by atomic mass is 10.1. The van der Waals surface area contributed by atoms with Crippen molar-refractivity contribution in [2.24, 2.45) is 0 Å². The maximum atomic E-state index is 13.1. The molecule has 0 radical (unpaired) electrons. The Morgan fingerprint density at radius 1 is 1.14 bits per heavy atom. The molecule has 1 aliphatic heterocycles. The Balaban J connectivity index is 1.41. The predicted molar refractivity (Wildman–Crippen MR) is 111 cm³/mol. The first-order valence-electron chi connectivity index (χ1n) is 9.73. The molecule has 28 heavy (non-hydrogen) atoms. The van der Waals surface area contributed by atoms with Crippen molar-refractivity contribution in [3.8, 4) is 0 Å². The van der Waals surface area contributed by atoms with E-state index >= 15 is 0 Å². The summed E-state index contributed by atoms with van der Waals surface area (Å²) in [7, 11) is 3.97. The topological polar surface area (TPSA) is 65.8 Å². The first-order valence-corrected chi connectivity index (χ1v) is 9.73. The largest absolute Gasteiger partial charge is 0.381 e. The van der Waals surface area contributed by atoms with Crippen LogP contribution >= 0.6 is 0 Å². The Bertz CT molecular complexity index is 949. The molecule has 0 saturated carbocycles. The molecule has 1 aliphatic rings. The van der Waals surface area contributed by atoms with Gasteiger partial charge in [0.25, 0.3) is 5.91 Å². The number of likely N-dealkylation sites (tertiary alicyclic amines) is 1. The summed E-state index contributed by atoms with van der Waals surface area (Å²) in [5.41, 5.74) is 2.50. The highest BCUT2D eigenvalue weighted by molar-refractivity contribution is 5.93. The number of fused-ring (bicyclic) bond motifs is 1. The fraction of sp³-hybridized carbons (Fsp3) is 0.381. The number of amides is 1. The molecule has 1 amide bonds. The Labute approximate surface area is 165 Å². The van der Waals surface area contributed by atoms with Crippen LogP contribution in [0.15, 0.2) is 48.9 Å². The number of hydrogen-bond donors (Lipinski definition) is 1. The number of pyridine rings is 2. The van der Waals surface area contributed by atoms with Gasteiger partial charge in [-0.2, -0.15) is 0 Å². The van der Waals surface area contributed by atoms with Crippen LogP contribution in [0.4, 0.5) is 11.5 Å². The molecule has 1 saturated heterocycles. The number of carbonyl (C=O) groups is 1. The molecular formula is C21H26N6O. The minimum absolute atomic E-state index is 0.0706. The van der Waals surface area contributed by atoms with Gasteiger partial charge in [0.05, 0.1) is 11.9 Å². The molecule has 146 valence electrons. The van der Waals surface area contributed by atoms with Gasteiger partial charge in [0.1, 0.15) is 17.2 Å². The normalized spacial score (nSPS) is 17.4. The Kier molecular flexibility index (Phi) is 5.14. The van der Waals surface area contributed by atoms with Crippen molar-refractivity contribution < 1.29 is 4.79 Å². The summed E-state index contributed by atoms with van der Waals surface area (Å²) in [5.74, 6) is 1.01. The van der Waals surface area contributed by atoms with Crippen LogP contribution < -0.4 is 10.2 Å². The SMILES string of the molecule is CN(C)c1ccc(N[C@@H]2CCCN(C(=O)c3cccc4nccn34)CC2)cn1. The number of rotatable bonds is 4. The van der Waals surface area contributed by atoms with Crippen molar-refractivity contribution in [1.29, 1.82) is 0 Å². The van der Waals surface area contributed by atoms with Crippen molar-refractivity contribution in [3.05, 3.63) is 54.6 Å². The van der Waals surface area contributed by atoms with Crippen molar-refractivity contribution in [1.82, 2.24) is 19.3 Å². The van der Waals surface area contributed by atoms with Crippen LogP contribution in [-0.2, 0) is 0 Å². The lowest BCUT2D eigenvalue weighted by Crippen LogP contribution is -2.33. The molecule has 3 aromatic rings. The minimum atomic E-state index is 0.0706. The molecule has 1 N–H and O–H groups in total. The second-order valence-electron chi connectivity index (χ2n) is 7.43. The monoisotopic (exact) mass is 378 g/mol. The van der Waals surface area contributed by atoms with Crippen LogP contribution in [-0.4, -0.2) is 58.4 Å². The van der Waals surface area contributed by atoms with E-state index < -0.39 is 0 Å². The van der Waals surface area contributed by atoms with Gasteiger partial charge in [0, 0.05) is 45.6 Å². The first kappa shape index (κ1) is 18.3. The average Bonchev–Trinajstić information content (AvgIpc) is 3.07. The summed E-state index contributed by atoms with van der Waals surface area (Å²) in [4.78, 5) is 25.8. The number of imidazole rings is 1. The van der Waals surface area contributed by atoms with Gasteiger partial charge in [-0.15, -0.1) is 0 Å². The van der Waals surface area contributed by atoms with Crippen molar-refractivity contribution in [2.45, 2.75) is 25.3 Å². The number of aromatic nitrogens is 3. The predicted octanol–water partition coefficient (Wildman–Crippen LogP) is 2.90. The minimum Gasteiger partial charge on any atom is -0.381 e. The van der Waals surface area contributed by atoms with Crippen LogP contribution in [0.2, 0.25) is 0 Å². The molecule has 7 nitrogen and oxygen atoms in total. The van der Waals surface area contributed by atoms with Crippen LogP contribution in [0.3, 0.4) is 0 Å². The van der Waals surface area contributed by atoms with E-state index in [1.165, 1.54) is 0 Å². The zero-order chi connectivity index (χ0) is 19.5. The molecule has 0 spiro atoms. The van der Waals surface area contributed by atoms with Crippen LogP contribution in [0.1, 0.15) is 29.8 Å². The highest BCUT2D eigenvalue weighted by Crippen LogP contribution is 2.19. The fourth-order valence-corrected chi connectivity index (χ4v) is 3.70. The van der Waals surface area contributed by atoms with E-state index in [0.29, 0.717) is 11.7 Å². The van der Waals surface area contributed by atoms with E-state index in [-0.39, 0.29) is 5.91 Å². The van der Waals surface area contributed by atoms with E-state index in [4.69, 9.17) is 0 Å². The van der Waals surface area contributed by atoms with Gasteiger partial charge in [-0.1, -0.05) is 6.07 Å². The maximum Gasteiger partial charge on any atom is 0.270 e. The van der Waals surface area contributed by atoms with Crippen LogP contribution in [0.25, 0.3) is 5.65 Å². The summed E-state index contributed by atoms with van der Waals surface area (Å²) in [6, 6.07) is 10.1. The van der Waals surface area contributed by atoms with Crippen molar-refractivity contribution in [3.63, 3.8) is 0 Å². The third-order valence-electron chi connectivity index (χ3n) is 5.24. The quantitative estimate of drug-likeness (QED) is 0.756. The molecule has 1 atom stereocenters. The lowest BCUT2D eigenvalue weighted by Gasteiger charge is -2.22. The van der Waals surface area contributed by atoms with E-state index in [1.54, 1.807) is 6.20 Å².